The molecule has 0 heterocycles. The predicted molar refractivity (Wildman–Crippen MR) is 73.2 cm³/mol. The summed E-state index contributed by atoms with van der Waals surface area (Å²) < 4.78 is 51.8. The van der Waals surface area contributed by atoms with Crippen molar-refractivity contribution in [2.45, 2.75) is 30.0 Å². The summed E-state index contributed by atoms with van der Waals surface area (Å²) in [6.45, 7) is 2.85. The van der Waals surface area contributed by atoms with Crippen LogP contribution in [0.5, 0.6) is 0 Å². The minimum absolute atomic E-state index is 0.0187. The van der Waals surface area contributed by atoms with E-state index in [0.29, 0.717) is 0 Å². The number of hydrogen-bond donors (Lipinski definition) is 1. The second-order valence-corrected chi connectivity index (χ2v) is 6.82. The number of benzene rings is 1. The van der Waals surface area contributed by atoms with E-state index in [1.54, 1.807) is 0 Å². The molecular weight excluding hydrogens is 320 g/mol. The third kappa shape index (κ3) is 3.79. The van der Waals surface area contributed by atoms with Crippen LogP contribution in [-0.2, 0) is 19.4 Å². The van der Waals surface area contributed by atoms with Crippen LogP contribution in [0.4, 0.5) is 8.78 Å². The molecule has 0 aliphatic heterocycles. The highest BCUT2D eigenvalue weighted by atomic mass is 32.2. The maximum Gasteiger partial charge on any atom is 0.341 e. The lowest BCUT2D eigenvalue weighted by molar-refractivity contribution is -0.146. The van der Waals surface area contributed by atoms with E-state index in [0.717, 1.165) is 24.3 Å². The number of ether oxygens (including phenoxy) is 1. The Morgan fingerprint density at radius 2 is 1.68 bits per heavy atom. The van der Waals surface area contributed by atoms with E-state index in [9.17, 15) is 26.8 Å². The summed E-state index contributed by atoms with van der Waals surface area (Å²) in [6.07, 6.45) is 0. The van der Waals surface area contributed by atoms with E-state index in [4.69, 9.17) is 0 Å². The molecule has 0 unspecified atom stereocenters. The summed E-state index contributed by atoms with van der Waals surface area (Å²) in [6, 6.07) is 3.97. The molecule has 1 amide bonds. The first-order valence-corrected chi connectivity index (χ1v) is 7.60. The maximum atomic E-state index is 12.4. The van der Waals surface area contributed by atoms with Gasteiger partial charge in [0.15, 0.2) is 0 Å². The normalized spacial score (nSPS) is 12.1. The highest BCUT2D eigenvalue weighted by molar-refractivity contribution is 7.91. The van der Waals surface area contributed by atoms with Crippen LogP contribution >= 0.6 is 0 Å². The van der Waals surface area contributed by atoms with E-state index in [1.807, 2.05) is 0 Å². The van der Waals surface area contributed by atoms with Gasteiger partial charge < -0.3 is 10.1 Å². The lowest BCUT2D eigenvalue weighted by atomic mass is 10.1. The van der Waals surface area contributed by atoms with E-state index in [1.165, 1.54) is 21.0 Å². The van der Waals surface area contributed by atoms with E-state index in [-0.39, 0.29) is 5.56 Å². The monoisotopic (exact) mass is 335 g/mol. The first-order chi connectivity index (χ1) is 10.0. The Bertz CT molecular complexity index is 668. The van der Waals surface area contributed by atoms with Crippen molar-refractivity contribution in [3.05, 3.63) is 29.8 Å². The second-order valence-electron chi connectivity index (χ2n) is 4.90. The minimum atomic E-state index is -4.71. The predicted octanol–water partition coefficient (Wildman–Crippen LogP) is 1.36. The maximum absolute atomic E-state index is 12.4. The number of carbonyl (C=O) groups excluding carboxylic acids is 2. The average Bonchev–Trinajstić information content (AvgIpc) is 2.45. The van der Waals surface area contributed by atoms with Gasteiger partial charge in [-0.05, 0) is 38.1 Å². The van der Waals surface area contributed by atoms with Gasteiger partial charge in [-0.1, -0.05) is 0 Å². The molecule has 0 aromatic heterocycles. The van der Waals surface area contributed by atoms with Crippen molar-refractivity contribution in [2.75, 3.05) is 7.11 Å². The summed E-state index contributed by atoms with van der Waals surface area (Å²) in [5, 5.41) is 2.39. The molecule has 0 aliphatic carbocycles. The van der Waals surface area contributed by atoms with Crippen LogP contribution in [0.1, 0.15) is 24.2 Å². The Hall–Kier alpha value is -2.03. The molecular formula is C13H15F2NO5S. The summed E-state index contributed by atoms with van der Waals surface area (Å²) in [4.78, 5) is 22.8. The number of rotatable bonds is 5. The molecule has 6 nitrogen and oxygen atoms in total. The van der Waals surface area contributed by atoms with Gasteiger partial charge in [0.1, 0.15) is 5.54 Å². The molecule has 1 aromatic rings. The Morgan fingerprint density at radius 3 is 2.09 bits per heavy atom. The largest absolute Gasteiger partial charge is 0.467 e. The summed E-state index contributed by atoms with van der Waals surface area (Å²) >= 11 is 0. The third-order valence-electron chi connectivity index (χ3n) is 2.80. The number of hydrogen-bond acceptors (Lipinski definition) is 5. The SMILES string of the molecule is COC(=O)C(C)(C)NC(=O)c1ccc(S(=O)(=O)C(F)F)cc1. The van der Waals surface area contributed by atoms with Crippen LogP contribution in [0, 0.1) is 0 Å². The molecule has 0 saturated heterocycles. The molecule has 0 bridgehead atoms. The molecule has 9 heteroatoms. The number of methoxy groups -OCH3 is 1. The van der Waals surface area contributed by atoms with Crippen molar-refractivity contribution in [1.82, 2.24) is 5.32 Å². The first kappa shape index (κ1) is 18.0. The topological polar surface area (TPSA) is 89.5 Å². The molecule has 0 atom stereocenters. The number of alkyl halides is 2. The van der Waals surface area contributed by atoms with Crippen LogP contribution in [-0.4, -0.2) is 38.7 Å². The number of carbonyl (C=O) groups is 2. The lowest BCUT2D eigenvalue weighted by Crippen LogP contribution is -2.50. The van der Waals surface area contributed by atoms with Gasteiger partial charge in [-0.2, -0.15) is 8.78 Å². The van der Waals surface area contributed by atoms with Crippen molar-refractivity contribution < 1.29 is 31.5 Å². The number of sulfone groups is 1. The lowest BCUT2D eigenvalue weighted by Gasteiger charge is -2.23. The smallest absolute Gasteiger partial charge is 0.341 e. The zero-order valence-electron chi connectivity index (χ0n) is 12.1. The van der Waals surface area contributed by atoms with E-state index in [2.05, 4.69) is 10.1 Å². The third-order valence-corrected chi connectivity index (χ3v) is 4.20. The standard InChI is InChI=1S/C13H15F2NO5S/c1-13(2,11(18)21-3)16-10(17)8-4-6-9(7-5-8)22(19,20)12(14)15/h4-7,12H,1-3H3,(H,16,17). The second kappa shape index (κ2) is 6.39. The van der Waals surface area contributed by atoms with Crippen LogP contribution in [0.15, 0.2) is 29.2 Å². The van der Waals surface area contributed by atoms with Crippen LogP contribution in [0.2, 0.25) is 0 Å². The minimum Gasteiger partial charge on any atom is -0.467 e. The van der Waals surface area contributed by atoms with Crippen molar-refractivity contribution in [1.29, 1.82) is 0 Å². The molecule has 1 aromatic carbocycles. The molecule has 122 valence electrons. The molecule has 0 saturated carbocycles. The fraction of sp³-hybridized carbons (Fsp3) is 0.385. The highest BCUT2D eigenvalue weighted by Crippen LogP contribution is 2.19. The van der Waals surface area contributed by atoms with Gasteiger partial charge in [-0.25, -0.2) is 13.2 Å². The number of halogens is 2. The van der Waals surface area contributed by atoms with Crippen LogP contribution in [0.25, 0.3) is 0 Å². The zero-order chi connectivity index (χ0) is 17.1. The van der Waals surface area contributed by atoms with Gasteiger partial charge in [0.2, 0.25) is 9.84 Å². The Morgan fingerprint density at radius 1 is 1.18 bits per heavy atom. The van der Waals surface area contributed by atoms with E-state index < -0.39 is 37.9 Å². The first-order valence-electron chi connectivity index (χ1n) is 6.05. The van der Waals surface area contributed by atoms with Crippen LogP contribution < -0.4 is 5.32 Å². The van der Waals surface area contributed by atoms with Crippen molar-refractivity contribution in [2.24, 2.45) is 0 Å². The number of esters is 1. The Balaban J connectivity index is 2.97. The van der Waals surface area contributed by atoms with Gasteiger partial charge in [0, 0.05) is 5.56 Å². The van der Waals surface area contributed by atoms with Crippen molar-refractivity contribution in [3.8, 4) is 0 Å². The Labute approximate surface area is 126 Å². The van der Waals surface area contributed by atoms with E-state index >= 15 is 0 Å². The van der Waals surface area contributed by atoms with Crippen molar-refractivity contribution >= 4 is 21.7 Å². The van der Waals surface area contributed by atoms with Gasteiger partial charge in [0.05, 0.1) is 12.0 Å². The quantitative estimate of drug-likeness (QED) is 0.821. The molecule has 0 aliphatic rings. The average molecular weight is 335 g/mol. The number of amides is 1. The molecule has 1 N–H and O–H groups in total. The molecule has 1 rings (SSSR count). The fourth-order valence-corrected chi connectivity index (χ4v) is 2.28. The zero-order valence-corrected chi connectivity index (χ0v) is 12.9. The van der Waals surface area contributed by atoms with Gasteiger partial charge in [-0.15, -0.1) is 0 Å². The fourth-order valence-electron chi connectivity index (χ4n) is 1.56. The summed E-state index contributed by atoms with van der Waals surface area (Å²) in [5.74, 6) is -4.88. The molecule has 22 heavy (non-hydrogen) atoms. The summed E-state index contributed by atoms with van der Waals surface area (Å²) in [7, 11) is -3.54. The van der Waals surface area contributed by atoms with Gasteiger partial charge in [0.25, 0.3) is 5.91 Å². The number of nitrogens with one attached hydrogen (secondary N) is 1. The highest BCUT2D eigenvalue weighted by Gasteiger charge is 2.31. The van der Waals surface area contributed by atoms with Gasteiger partial charge >= 0.3 is 11.7 Å². The molecule has 0 fully saturated rings. The molecule has 0 spiro atoms. The molecule has 0 radical (unpaired) electrons. The van der Waals surface area contributed by atoms with Crippen molar-refractivity contribution in [3.63, 3.8) is 0 Å². The van der Waals surface area contributed by atoms with Gasteiger partial charge in [-0.3, -0.25) is 4.79 Å². The Kier molecular flexibility index (Phi) is 5.23. The van der Waals surface area contributed by atoms with Crippen LogP contribution in [0.3, 0.4) is 0 Å². The summed E-state index contributed by atoms with van der Waals surface area (Å²) in [5.41, 5.74) is -1.27.